The van der Waals surface area contributed by atoms with Gasteiger partial charge >= 0.3 is 0 Å². The van der Waals surface area contributed by atoms with Gasteiger partial charge < -0.3 is 9.73 Å². The van der Waals surface area contributed by atoms with Crippen molar-refractivity contribution < 1.29 is 9.21 Å². The Labute approximate surface area is 123 Å². The smallest absolute Gasteiger partial charge is 0.256 e. The summed E-state index contributed by atoms with van der Waals surface area (Å²) in [5, 5.41) is 3.79. The van der Waals surface area contributed by atoms with Gasteiger partial charge in [-0.1, -0.05) is 48.5 Å². The number of fused-ring (bicyclic) bond motifs is 1. The molecule has 3 aromatic rings. The number of carbonyl (C=O) groups excluding carboxylic acids is 1. The Morgan fingerprint density at radius 1 is 1.00 bits per heavy atom. The molecule has 0 saturated heterocycles. The van der Waals surface area contributed by atoms with Crippen LogP contribution in [0, 0.1) is 0 Å². The lowest BCUT2D eigenvalue weighted by Crippen LogP contribution is -2.30. The fourth-order valence-corrected chi connectivity index (χ4v) is 2.40. The van der Waals surface area contributed by atoms with E-state index in [1.807, 2.05) is 68.4 Å². The second-order valence-electron chi connectivity index (χ2n) is 5.30. The van der Waals surface area contributed by atoms with Gasteiger partial charge in [-0.15, -0.1) is 0 Å². The van der Waals surface area contributed by atoms with Crippen LogP contribution >= 0.6 is 0 Å². The Kier molecular flexibility index (Phi) is 3.48. The van der Waals surface area contributed by atoms with Crippen molar-refractivity contribution >= 4 is 16.9 Å². The SMILES string of the molecule is CC(C)NC(=O)c1c(-c2ccccc2)oc2ccccc12. The van der Waals surface area contributed by atoms with Gasteiger partial charge in [0.1, 0.15) is 11.3 Å². The molecule has 0 radical (unpaired) electrons. The molecule has 0 bridgehead atoms. The van der Waals surface area contributed by atoms with E-state index in [4.69, 9.17) is 4.42 Å². The maximum atomic E-state index is 12.6. The van der Waals surface area contributed by atoms with Crippen molar-refractivity contribution in [1.29, 1.82) is 0 Å². The monoisotopic (exact) mass is 279 g/mol. The van der Waals surface area contributed by atoms with Crippen LogP contribution in [-0.4, -0.2) is 11.9 Å². The standard InChI is InChI=1S/C18H17NO2/c1-12(2)19-18(20)16-14-10-6-7-11-15(14)21-17(16)13-8-4-3-5-9-13/h3-12H,1-2H3,(H,19,20). The highest BCUT2D eigenvalue weighted by Crippen LogP contribution is 2.33. The van der Waals surface area contributed by atoms with Gasteiger partial charge in [0.05, 0.1) is 5.56 Å². The van der Waals surface area contributed by atoms with Crippen molar-refractivity contribution in [3.8, 4) is 11.3 Å². The van der Waals surface area contributed by atoms with Crippen LogP contribution in [0.15, 0.2) is 59.0 Å². The summed E-state index contributed by atoms with van der Waals surface area (Å²) < 4.78 is 5.93. The summed E-state index contributed by atoms with van der Waals surface area (Å²) in [6.45, 7) is 3.89. The van der Waals surface area contributed by atoms with Crippen molar-refractivity contribution in [3.63, 3.8) is 0 Å². The summed E-state index contributed by atoms with van der Waals surface area (Å²) in [7, 11) is 0. The maximum Gasteiger partial charge on any atom is 0.256 e. The van der Waals surface area contributed by atoms with Crippen LogP contribution in [0.2, 0.25) is 0 Å². The van der Waals surface area contributed by atoms with E-state index in [2.05, 4.69) is 5.32 Å². The first-order chi connectivity index (χ1) is 10.2. The number of nitrogens with one attached hydrogen (secondary N) is 1. The zero-order valence-corrected chi connectivity index (χ0v) is 12.1. The predicted molar refractivity (Wildman–Crippen MR) is 84.3 cm³/mol. The zero-order chi connectivity index (χ0) is 14.8. The van der Waals surface area contributed by atoms with Crippen LogP contribution in [0.4, 0.5) is 0 Å². The Morgan fingerprint density at radius 2 is 1.67 bits per heavy atom. The van der Waals surface area contributed by atoms with E-state index in [9.17, 15) is 4.79 Å². The number of furan rings is 1. The predicted octanol–water partition coefficient (Wildman–Crippen LogP) is 4.24. The van der Waals surface area contributed by atoms with E-state index < -0.39 is 0 Å². The first-order valence-electron chi connectivity index (χ1n) is 7.04. The molecule has 21 heavy (non-hydrogen) atoms. The molecule has 0 saturated carbocycles. The number of hydrogen-bond acceptors (Lipinski definition) is 2. The third kappa shape index (κ3) is 2.55. The summed E-state index contributed by atoms with van der Waals surface area (Å²) in [6, 6.07) is 17.4. The van der Waals surface area contributed by atoms with E-state index >= 15 is 0 Å². The van der Waals surface area contributed by atoms with Crippen molar-refractivity contribution in [2.45, 2.75) is 19.9 Å². The minimum absolute atomic E-state index is 0.0785. The number of hydrogen-bond donors (Lipinski definition) is 1. The summed E-state index contributed by atoms with van der Waals surface area (Å²) in [5.74, 6) is 0.517. The fourth-order valence-electron chi connectivity index (χ4n) is 2.40. The highest BCUT2D eigenvalue weighted by atomic mass is 16.3. The summed E-state index contributed by atoms with van der Waals surface area (Å²) in [6.07, 6.45) is 0. The Balaban J connectivity index is 2.22. The Morgan fingerprint density at radius 3 is 2.38 bits per heavy atom. The average molecular weight is 279 g/mol. The molecule has 0 fully saturated rings. The highest BCUT2D eigenvalue weighted by Gasteiger charge is 2.21. The van der Waals surface area contributed by atoms with Crippen LogP contribution in [0.5, 0.6) is 0 Å². The second kappa shape index (κ2) is 5.44. The average Bonchev–Trinajstić information content (AvgIpc) is 2.87. The van der Waals surface area contributed by atoms with Crippen LogP contribution in [0.1, 0.15) is 24.2 Å². The van der Waals surface area contributed by atoms with Gasteiger partial charge in [-0.05, 0) is 19.9 Å². The van der Waals surface area contributed by atoms with Crippen molar-refractivity contribution in [1.82, 2.24) is 5.32 Å². The summed E-state index contributed by atoms with van der Waals surface area (Å²) in [4.78, 5) is 12.6. The van der Waals surface area contributed by atoms with E-state index in [0.717, 1.165) is 16.5 Å². The molecule has 1 aromatic heterocycles. The largest absolute Gasteiger partial charge is 0.455 e. The molecule has 106 valence electrons. The first kappa shape index (κ1) is 13.4. The molecule has 0 spiro atoms. The number of carbonyl (C=O) groups is 1. The van der Waals surface area contributed by atoms with Crippen molar-refractivity contribution in [2.24, 2.45) is 0 Å². The molecule has 1 N–H and O–H groups in total. The van der Waals surface area contributed by atoms with E-state index in [-0.39, 0.29) is 11.9 Å². The van der Waals surface area contributed by atoms with Gasteiger partial charge in [0, 0.05) is 17.0 Å². The number of rotatable bonds is 3. The van der Waals surface area contributed by atoms with E-state index in [1.165, 1.54) is 0 Å². The minimum Gasteiger partial charge on any atom is -0.455 e. The molecule has 0 aliphatic rings. The number of benzene rings is 2. The molecule has 2 aromatic carbocycles. The lowest BCUT2D eigenvalue weighted by atomic mass is 10.0. The van der Waals surface area contributed by atoms with Gasteiger partial charge in [0.2, 0.25) is 0 Å². The molecule has 1 heterocycles. The fraction of sp³-hybridized carbons (Fsp3) is 0.167. The molecule has 3 nitrogen and oxygen atoms in total. The molecule has 1 amide bonds. The highest BCUT2D eigenvalue weighted by molar-refractivity contribution is 6.11. The second-order valence-corrected chi connectivity index (χ2v) is 5.30. The zero-order valence-electron chi connectivity index (χ0n) is 12.1. The third-order valence-corrected chi connectivity index (χ3v) is 3.28. The normalized spacial score (nSPS) is 11.0. The Bertz CT molecular complexity index is 772. The summed E-state index contributed by atoms with van der Waals surface area (Å²) >= 11 is 0. The quantitative estimate of drug-likeness (QED) is 0.779. The van der Waals surface area contributed by atoms with Crippen LogP contribution in [0.25, 0.3) is 22.3 Å². The first-order valence-corrected chi connectivity index (χ1v) is 7.04. The Hall–Kier alpha value is -2.55. The third-order valence-electron chi connectivity index (χ3n) is 3.28. The number of para-hydroxylation sites is 1. The topological polar surface area (TPSA) is 42.2 Å². The van der Waals surface area contributed by atoms with E-state index in [0.29, 0.717) is 11.3 Å². The summed E-state index contributed by atoms with van der Waals surface area (Å²) in [5.41, 5.74) is 2.23. The van der Waals surface area contributed by atoms with Crippen molar-refractivity contribution in [3.05, 3.63) is 60.2 Å². The van der Waals surface area contributed by atoms with Gasteiger partial charge in [-0.25, -0.2) is 0 Å². The lowest BCUT2D eigenvalue weighted by molar-refractivity contribution is 0.0945. The molecular formula is C18H17NO2. The number of amides is 1. The molecule has 0 atom stereocenters. The molecular weight excluding hydrogens is 262 g/mol. The molecule has 0 aliphatic carbocycles. The van der Waals surface area contributed by atoms with Crippen LogP contribution < -0.4 is 5.32 Å². The lowest BCUT2D eigenvalue weighted by Gasteiger charge is -2.08. The molecule has 0 aliphatic heterocycles. The van der Waals surface area contributed by atoms with E-state index in [1.54, 1.807) is 0 Å². The molecule has 0 unspecified atom stereocenters. The van der Waals surface area contributed by atoms with Gasteiger partial charge in [-0.2, -0.15) is 0 Å². The van der Waals surface area contributed by atoms with Gasteiger partial charge in [0.15, 0.2) is 0 Å². The van der Waals surface area contributed by atoms with Gasteiger partial charge in [0.25, 0.3) is 5.91 Å². The van der Waals surface area contributed by atoms with Gasteiger partial charge in [-0.3, -0.25) is 4.79 Å². The van der Waals surface area contributed by atoms with Crippen LogP contribution in [0.3, 0.4) is 0 Å². The molecule has 3 heteroatoms. The van der Waals surface area contributed by atoms with Crippen LogP contribution in [-0.2, 0) is 0 Å². The molecule has 3 rings (SSSR count). The minimum atomic E-state index is -0.103. The maximum absolute atomic E-state index is 12.6. The van der Waals surface area contributed by atoms with Crippen molar-refractivity contribution in [2.75, 3.05) is 0 Å².